The molecule has 396 valence electrons. The smallest absolute Gasteiger partial charge is 0.462 e. The standard InChI is InChI=1S/C70H60O6Si5/c1-58(2)70(71)72-78(62-42-20-6-21-43-62,63-44-22-7-23-45-63)74-80(66-50-28-10-29-51-66,67-52-30-11-31-53-67)76-81(68-54-32-12-33-55-68,69-56-34-13-35-57-69)75-79(64-46-24-8-25-47-64,65-48-26-9-27-49-65)73-77(59-36-14-3-15-37-59,60-38-16-4-17-39-60)61-40-18-5-19-41-61/h3-57H,1H2,2H3. The van der Waals surface area contributed by atoms with Crippen LogP contribution in [0, 0.1) is 0 Å². The summed E-state index contributed by atoms with van der Waals surface area (Å²) >= 11 is 0. The zero-order chi connectivity index (χ0) is 55.4. The van der Waals surface area contributed by atoms with Crippen molar-refractivity contribution < 1.29 is 25.7 Å². The van der Waals surface area contributed by atoms with Gasteiger partial charge in [0.1, 0.15) is 0 Å². The van der Waals surface area contributed by atoms with E-state index < -0.39 is 48.5 Å². The molecule has 0 amide bonds. The number of benzene rings is 11. The van der Waals surface area contributed by atoms with E-state index in [0.29, 0.717) is 10.4 Å². The Hall–Kier alpha value is -8.45. The molecule has 0 atom stereocenters. The van der Waals surface area contributed by atoms with Crippen molar-refractivity contribution in [2.45, 2.75) is 6.92 Å². The van der Waals surface area contributed by atoms with Crippen molar-refractivity contribution >= 4 is 106 Å². The third kappa shape index (κ3) is 10.9. The zero-order valence-electron chi connectivity index (χ0n) is 44.9. The lowest BCUT2D eigenvalue weighted by Crippen LogP contribution is -2.85. The SMILES string of the molecule is C=C(C)C(=O)O[Si](O[Si](O[Si](O[Si](O[Si](c1ccccc1)(c1ccccc1)c1ccccc1)(c1ccccc1)c1ccccc1)(c1ccccc1)c1ccccc1)(c1ccccc1)c1ccccc1)(c1ccccc1)c1ccccc1. The third-order valence-corrected chi connectivity index (χ3v) is 36.4. The molecule has 11 aromatic rings. The molecule has 81 heavy (non-hydrogen) atoms. The lowest BCUT2D eigenvalue weighted by Gasteiger charge is -2.50. The van der Waals surface area contributed by atoms with Crippen LogP contribution < -0.4 is 57.1 Å². The fourth-order valence-corrected chi connectivity index (χ4v) is 37.1. The van der Waals surface area contributed by atoms with Gasteiger partial charge >= 0.3 is 40.2 Å². The van der Waals surface area contributed by atoms with Crippen molar-refractivity contribution in [2.24, 2.45) is 0 Å². The van der Waals surface area contributed by atoms with Crippen LogP contribution in [0.4, 0.5) is 0 Å². The first kappa shape index (κ1) is 54.5. The minimum atomic E-state index is -4.56. The summed E-state index contributed by atoms with van der Waals surface area (Å²) in [6, 6.07) is 114. The molecular weight excluding hydrogens is 1080 g/mol. The van der Waals surface area contributed by atoms with Crippen LogP contribution in [-0.2, 0) is 25.7 Å². The summed E-state index contributed by atoms with van der Waals surface area (Å²) in [6.45, 7) is 5.80. The Kier molecular flexibility index (Phi) is 16.5. The van der Waals surface area contributed by atoms with E-state index >= 15 is 0 Å². The van der Waals surface area contributed by atoms with Gasteiger partial charge in [0.15, 0.2) is 0 Å². The van der Waals surface area contributed by atoms with Crippen molar-refractivity contribution in [1.82, 2.24) is 0 Å². The summed E-state index contributed by atoms with van der Waals surface area (Å²) in [4.78, 5) is 14.8. The molecular formula is C70H60O6Si5. The predicted molar refractivity (Wildman–Crippen MR) is 341 cm³/mol. The van der Waals surface area contributed by atoms with Gasteiger partial charge in [0, 0.05) is 15.9 Å². The molecule has 11 heteroatoms. The van der Waals surface area contributed by atoms with E-state index in [1.165, 1.54) is 0 Å². The molecule has 0 aliphatic rings. The maximum atomic E-state index is 14.8. The van der Waals surface area contributed by atoms with Gasteiger partial charge in [-0.15, -0.1) is 0 Å². The summed E-state index contributed by atoms with van der Waals surface area (Å²) in [7, 11) is -21.6. The second-order valence-electron chi connectivity index (χ2n) is 19.8. The number of hydrogen-bond donors (Lipinski definition) is 0. The fraction of sp³-hybridized carbons (Fsp3) is 0.0143. The van der Waals surface area contributed by atoms with Crippen LogP contribution in [0.5, 0.6) is 0 Å². The molecule has 0 heterocycles. The average molecular weight is 1140 g/mol. The largest absolute Gasteiger partial charge is 0.484 e. The molecule has 0 saturated heterocycles. The molecule has 11 rings (SSSR count). The average Bonchev–Trinajstić information content (AvgIpc) is 3.74. The molecule has 0 bridgehead atoms. The van der Waals surface area contributed by atoms with Gasteiger partial charge in [-0.3, -0.25) is 0 Å². The Morgan fingerprint density at radius 2 is 0.407 bits per heavy atom. The molecule has 0 aliphatic carbocycles. The highest BCUT2D eigenvalue weighted by molar-refractivity contribution is 7.16. The molecule has 0 aromatic heterocycles. The summed E-state index contributed by atoms with van der Waals surface area (Å²) in [6.07, 6.45) is 0. The van der Waals surface area contributed by atoms with Gasteiger partial charge < -0.3 is 20.9 Å². The van der Waals surface area contributed by atoms with Gasteiger partial charge in [-0.05, 0) is 53.6 Å². The van der Waals surface area contributed by atoms with Crippen LogP contribution in [0.1, 0.15) is 6.92 Å². The topological polar surface area (TPSA) is 63.2 Å². The van der Waals surface area contributed by atoms with E-state index in [4.69, 9.17) is 20.9 Å². The van der Waals surface area contributed by atoms with E-state index in [9.17, 15) is 4.79 Å². The van der Waals surface area contributed by atoms with Crippen LogP contribution in [0.25, 0.3) is 0 Å². The summed E-state index contributed by atoms with van der Waals surface area (Å²) in [5.41, 5.74) is 0.233. The highest BCUT2D eigenvalue weighted by Gasteiger charge is 2.65. The number of carbonyl (C=O) groups is 1. The van der Waals surface area contributed by atoms with Crippen LogP contribution >= 0.6 is 0 Å². The van der Waals surface area contributed by atoms with Gasteiger partial charge in [0.05, 0.1) is 0 Å². The van der Waals surface area contributed by atoms with Crippen molar-refractivity contribution in [2.75, 3.05) is 0 Å². The van der Waals surface area contributed by atoms with E-state index in [-0.39, 0.29) is 5.57 Å². The second-order valence-corrected chi connectivity index (χ2v) is 35.9. The van der Waals surface area contributed by atoms with Gasteiger partial charge in [-0.1, -0.05) is 340 Å². The monoisotopic (exact) mass is 1140 g/mol. The molecule has 0 N–H and O–H groups in total. The molecule has 0 spiro atoms. The Bertz CT molecular complexity index is 3510. The van der Waals surface area contributed by atoms with E-state index in [1.807, 2.05) is 121 Å². The van der Waals surface area contributed by atoms with Crippen LogP contribution in [0.3, 0.4) is 0 Å². The molecule has 11 aromatic carbocycles. The molecule has 0 radical (unpaired) electrons. The minimum Gasteiger partial charge on any atom is -0.484 e. The van der Waals surface area contributed by atoms with Gasteiger partial charge in [-0.25, -0.2) is 4.79 Å². The van der Waals surface area contributed by atoms with Gasteiger partial charge in [-0.2, -0.15) is 0 Å². The molecule has 0 unspecified atom stereocenters. The summed E-state index contributed by atoms with van der Waals surface area (Å²) < 4.78 is 42.6. The molecule has 6 nitrogen and oxygen atoms in total. The lowest BCUT2D eigenvalue weighted by atomic mass is 10.3. The maximum absolute atomic E-state index is 14.8. The van der Waals surface area contributed by atoms with Crippen molar-refractivity contribution in [3.63, 3.8) is 0 Å². The van der Waals surface area contributed by atoms with Gasteiger partial charge in [0.25, 0.3) is 8.32 Å². The first-order chi connectivity index (χ1) is 39.8. The lowest BCUT2D eigenvalue weighted by molar-refractivity contribution is -0.131. The normalized spacial score (nSPS) is 12.1. The number of rotatable bonds is 21. The number of carbonyl (C=O) groups excluding carboxylic acids is 1. The fourth-order valence-electron chi connectivity index (χ4n) is 10.7. The Morgan fingerprint density at radius 1 is 0.247 bits per heavy atom. The zero-order valence-corrected chi connectivity index (χ0v) is 49.9. The van der Waals surface area contributed by atoms with Crippen LogP contribution in [0.15, 0.2) is 346 Å². The van der Waals surface area contributed by atoms with Crippen molar-refractivity contribution in [1.29, 1.82) is 0 Å². The van der Waals surface area contributed by atoms with Crippen LogP contribution in [0.2, 0.25) is 0 Å². The molecule has 0 fully saturated rings. The quantitative estimate of drug-likeness (QED) is 0.0415. The Labute approximate surface area is 481 Å². The highest BCUT2D eigenvalue weighted by atomic mass is 28.5. The molecule has 0 aliphatic heterocycles. The molecule has 0 saturated carbocycles. The Balaban J connectivity index is 1.31. The van der Waals surface area contributed by atoms with E-state index in [1.54, 1.807) is 6.92 Å². The second kappa shape index (κ2) is 24.5. The maximum Gasteiger partial charge on any atom is 0.462 e. The summed E-state index contributed by atoms with van der Waals surface area (Å²) in [5.74, 6) is -0.582. The van der Waals surface area contributed by atoms with E-state index in [2.05, 4.69) is 219 Å². The first-order valence-electron chi connectivity index (χ1n) is 27.1. The van der Waals surface area contributed by atoms with Gasteiger partial charge in [0.2, 0.25) is 0 Å². The van der Waals surface area contributed by atoms with Crippen LogP contribution in [-0.4, -0.2) is 48.5 Å². The van der Waals surface area contributed by atoms with Crippen molar-refractivity contribution in [3.8, 4) is 0 Å². The summed E-state index contributed by atoms with van der Waals surface area (Å²) in [5, 5.41) is 9.47. The van der Waals surface area contributed by atoms with E-state index in [0.717, 1.165) is 46.7 Å². The minimum absolute atomic E-state index is 0.233. The first-order valence-corrected chi connectivity index (χ1v) is 36.3. The highest BCUT2D eigenvalue weighted by Crippen LogP contribution is 2.30. The predicted octanol–water partition coefficient (Wildman–Crippen LogP) is 7.87. The number of hydrogen-bond acceptors (Lipinski definition) is 6. The Morgan fingerprint density at radius 3 is 0.605 bits per heavy atom. The van der Waals surface area contributed by atoms with Crippen molar-refractivity contribution in [3.05, 3.63) is 346 Å². The third-order valence-electron chi connectivity index (χ3n) is 14.5.